The Hall–Kier alpha value is -1.22. The normalized spacial score (nSPS) is 29.2. The fraction of sp³-hybridized carbons (Fsp3) is 0.562. The van der Waals surface area contributed by atoms with E-state index < -0.39 is 0 Å². The highest BCUT2D eigenvalue weighted by Crippen LogP contribution is 2.49. The average molecular weight is 293 g/mol. The van der Waals surface area contributed by atoms with Gasteiger partial charge in [0.2, 0.25) is 0 Å². The van der Waals surface area contributed by atoms with Gasteiger partial charge in [-0.3, -0.25) is 0 Å². The molecule has 2 bridgehead atoms. The summed E-state index contributed by atoms with van der Waals surface area (Å²) in [5, 5.41) is 6.47. The molecule has 4 unspecified atom stereocenters. The van der Waals surface area contributed by atoms with Gasteiger partial charge in [-0.2, -0.15) is 0 Å². The first-order valence-electron chi connectivity index (χ1n) is 7.45. The number of nitrogens with one attached hydrogen (secondary N) is 2. The van der Waals surface area contributed by atoms with Gasteiger partial charge in [0.1, 0.15) is 0 Å². The number of benzene rings is 1. The molecule has 4 heteroatoms. The van der Waals surface area contributed by atoms with Crippen LogP contribution in [0.5, 0.6) is 0 Å². The van der Waals surface area contributed by atoms with Gasteiger partial charge in [0.25, 0.3) is 0 Å². The summed E-state index contributed by atoms with van der Waals surface area (Å²) in [6, 6.07) is 7.37. The van der Waals surface area contributed by atoms with E-state index in [0.29, 0.717) is 16.6 Å². The van der Waals surface area contributed by atoms with E-state index >= 15 is 0 Å². The van der Waals surface area contributed by atoms with E-state index in [0.717, 1.165) is 11.8 Å². The van der Waals surface area contributed by atoms with Crippen molar-refractivity contribution in [1.29, 1.82) is 0 Å². The average Bonchev–Trinajstić information content (AvgIpc) is 3.03. The van der Waals surface area contributed by atoms with Crippen molar-refractivity contribution in [2.24, 2.45) is 17.8 Å². The van der Waals surface area contributed by atoms with Crippen LogP contribution in [-0.4, -0.2) is 12.1 Å². The highest BCUT2D eigenvalue weighted by atomic mass is 35.5. The van der Waals surface area contributed by atoms with E-state index in [2.05, 4.69) is 17.6 Å². The smallest absolute Gasteiger partial charge is 0.319 e. The quantitative estimate of drug-likeness (QED) is 0.857. The molecule has 3 nitrogen and oxygen atoms in total. The Kier molecular flexibility index (Phi) is 3.88. The zero-order valence-corrected chi connectivity index (χ0v) is 12.5. The molecule has 2 fully saturated rings. The van der Waals surface area contributed by atoms with Gasteiger partial charge in [0.05, 0.1) is 10.7 Å². The molecule has 2 aliphatic rings. The van der Waals surface area contributed by atoms with Crippen LogP contribution in [0.25, 0.3) is 0 Å². The van der Waals surface area contributed by atoms with Crippen molar-refractivity contribution in [3.8, 4) is 0 Å². The molecule has 0 spiro atoms. The third-order valence-electron chi connectivity index (χ3n) is 4.92. The lowest BCUT2D eigenvalue weighted by molar-refractivity contribution is 0.230. The molecule has 1 aromatic rings. The van der Waals surface area contributed by atoms with Crippen molar-refractivity contribution in [3.63, 3.8) is 0 Å². The van der Waals surface area contributed by atoms with Crippen LogP contribution < -0.4 is 10.6 Å². The second-order valence-corrected chi connectivity index (χ2v) is 6.61. The van der Waals surface area contributed by atoms with Crippen molar-refractivity contribution in [1.82, 2.24) is 5.32 Å². The third kappa shape index (κ3) is 2.78. The van der Waals surface area contributed by atoms with Crippen LogP contribution in [0.1, 0.15) is 32.6 Å². The van der Waals surface area contributed by atoms with Crippen molar-refractivity contribution in [2.45, 2.75) is 38.6 Å². The van der Waals surface area contributed by atoms with Gasteiger partial charge in [-0.25, -0.2) is 4.79 Å². The summed E-state index contributed by atoms with van der Waals surface area (Å²) in [5.74, 6) is 2.36. The third-order valence-corrected chi connectivity index (χ3v) is 5.25. The molecule has 20 heavy (non-hydrogen) atoms. The van der Waals surface area contributed by atoms with Gasteiger partial charge < -0.3 is 10.6 Å². The maximum absolute atomic E-state index is 12.1. The molecule has 2 saturated carbocycles. The minimum absolute atomic E-state index is 0.159. The molecular formula is C16H21ClN2O. The monoisotopic (exact) mass is 292 g/mol. The van der Waals surface area contributed by atoms with Crippen LogP contribution in [0.3, 0.4) is 0 Å². The van der Waals surface area contributed by atoms with Crippen molar-refractivity contribution in [3.05, 3.63) is 29.3 Å². The molecule has 2 N–H and O–H groups in total. The summed E-state index contributed by atoms with van der Waals surface area (Å²) in [4.78, 5) is 12.1. The van der Waals surface area contributed by atoms with Crippen LogP contribution in [0.15, 0.2) is 24.3 Å². The second kappa shape index (κ2) is 5.65. The van der Waals surface area contributed by atoms with Crippen molar-refractivity contribution >= 4 is 23.3 Å². The van der Waals surface area contributed by atoms with Gasteiger partial charge in [0.15, 0.2) is 0 Å². The Morgan fingerprint density at radius 1 is 1.30 bits per heavy atom. The molecule has 0 aliphatic heterocycles. The zero-order chi connectivity index (χ0) is 14.1. The number of fused-ring (bicyclic) bond motifs is 2. The fourth-order valence-electron chi connectivity index (χ4n) is 3.94. The number of urea groups is 1. The van der Waals surface area contributed by atoms with Gasteiger partial charge in [0, 0.05) is 6.04 Å². The lowest BCUT2D eigenvalue weighted by Gasteiger charge is -2.28. The molecule has 108 valence electrons. The molecule has 0 aromatic heterocycles. The molecular weight excluding hydrogens is 272 g/mol. The number of rotatable bonds is 3. The Bertz CT molecular complexity index is 505. The number of halogens is 1. The minimum Gasteiger partial charge on any atom is -0.335 e. The molecule has 4 atom stereocenters. The summed E-state index contributed by atoms with van der Waals surface area (Å²) in [7, 11) is 0. The predicted octanol–water partition coefficient (Wildman–Crippen LogP) is 4.29. The van der Waals surface area contributed by atoms with E-state index in [1.807, 2.05) is 18.2 Å². The molecule has 3 rings (SSSR count). The summed E-state index contributed by atoms with van der Waals surface area (Å²) in [5.41, 5.74) is 0.659. The Morgan fingerprint density at radius 2 is 2.10 bits per heavy atom. The first kappa shape index (κ1) is 13.7. The SMILES string of the molecule is CC(NC(=O)Nc1ccccc1Cl)C1CC2CCC1C2. The highest BCUT2D eigenvalue weighted by molar-refractivity contribution is 6.33. The summed E-state index contributed by atoms with van der Waals surface area (Å²) < 4.78 is 0. The van der Waals surface area contributed by atoms with Crippen LogP contribution >= 0.6 is 11.6 Å². The van der Waals surface area contributed by atoms with E-state index in [1.54, 1.807) is 6.07 Å². The summed E-state index contributed by atoms with van der Waals surface area (Å²) >= 11 is 6.04. The number of hydrogen-bond acceptors (Lipinski definition) is 1. The molecule has 2 aliphatic carbocycles. The lowest BCUT2D eigenvalue weighted by Crippen LogP contribution is -2.42. The Morgan fingerprint density at radius 3 is 2.75 bits per heavy atom. The fourth-order valence-corrected chi connectivity index (χ4v) is 4.12. The lowest BCUT2D eigenvalue weighted by atomic mass is 9.84. The van der Waals surface area contributed by atoms with Crippen LogP contribution in [0.4, 0.5) is 10.5 Å². The minimum atomic E-state index is -0.159. The molecule has 0 heterocycles. The highest BCUT2D eigenvalue weighted by Gasteiger charge is 2.42. The van der Waals surface area contributed by atoms with E-state index in [4.69, 9.17) is 11.6 Å². The zero-order valence-electron chi connectivity index (χ0n) is 11.7. The van der Waals surface area contributed by atoms with E-state index in [-0.39, 0.29) is 12.1 Å². The molecule has 1 aromatic carbocycles. The standard InChI is InChI=1S/C16H21ClN2O/c1-10(13-9-11-6-7-12(13)8-11)18-16(20)19-15-5-3-2-4-14(15)17/h2-5,10-13H,6-9H2,1H3,(H2,18,19,20). The van der Waals surface area contributed by atoms with E-state index in [1.165, 1.54) is 25.7 Å². The molecule has 0 saturated heterocycles. The maximum Gasteiger partial charge on any atom is 0.319 e. The number of amides is 2. The van der Waals surface area contributed by atoms with E-state index in [9.17, 15) is 4.79 Å². The maximum atomic E-state index is 12.1. The number of hydrogen-bond donors (Lipinski definition) is 2. The van der Waals surface area contributed by atoms with Gasteiger partial charge in [-0.1, -0.05) is 30.2 Å². The first-order valence-corrected chi connectivity index (χ1v) is 7.83. The number of carbonyl (C=O) groups is 1. The van der Waals surface area contributed by atoms with Gasteiger partial charge in [-0.15, -0.1) is 0 Å². The summed E-state index contributed by atoms with van der Waals surface area (Å²) in [6.07, 6.45) is 5.37. The first-order chi connectivity index (χ1) is 9.63. The predicted molar refractivity (Wildman–Crippen MR) is 82.0 cm³/mol. The van der Waals surface area contributed by atoms with Crippen LogP contribution in [-0.2, 0) is 0 Å². The Labute approximate surface area is 125 Å². The second-order valence-electron chi connectivity index (χ2n) is 6.21. The van der Waals surface area contributed by atoms with Crippen molar-refractivity contribution < 1.29 is 4.79 Å². The number of anilines is 1. The van der Waals surface area contributed by atoms with Crippen molar-refractivity contribution in [2.75, 3.05) is 5.32 Å². The molecule has 2 amide bonds. The topological polar surface area (TPSA) is 41.1 Å². The number of carbonyl (C=O) groups excluding carboxylic acids is 1. The Balaban J connectivity index is 1.55. The van der Waals surface area contributed by atoms with Gasteiger partial charge >= 0.3 is 6.03 Å². The van der Waals surface area contributed by atoms with Crippen LogP contribution in [0, 0.1) is 17.8 Å². The molecule has 0 radical (unpaired) electrons. The van der Waals surface area contributed by atoms with Crippen LogP contribution in [0.2, 0.25) is 5.02 Å². The number of para-hydroxylation sites is 1. The largest absolute Gasteiger partial charge is 0.335 e. The van der Waals surface area contributed by atoms with Gasteiger partial charge in [-0.05, 0) is 56.1 Å². The summed E-state index contributed by atoms with van der Waals surface area (Å²) in [6.45, 7) is 2.12.